The van der Waals surface area contributed by atoms with Gasteiger partial charge in [-0.15, -0.1) is 0 Å². The minimum absolute atomic E-state index is 0.0412. The predicted octanol–water partition coefficient (Wildman–Crippen LogP) is 2.94. The summed E-state index contributed by atoms with van der Waals surface area (Å²) in [7, 11) is 0. The Hall–Kier alpha value is -1.63. The maximum absolute atomic E-state index is 13.8. The van der Waals surface area contributed by atoms with Crippen LogP contribution in [0.15, 0.2) is 16.6 Å². The second kappa shape index (κ2) is 8.29. The van der Waals surface area contributed by atoms with Crippen molar-refractivity contribution in [1.29, 1.82) is 0 Å². The van der Waals surface area contributed by atoms with Crippen LogP contribution in [0, 0.1) is 5.82 Å². The number of amides is 2. The van der Waals surface area contributed by atoms with Crippen LogP contribution in [-0.4, -0.2) is 24.4 Å². The van der Waals surface area contributed by atoms with E-state index >= 15 is 0 Å². The molecule has 7 heteroatoms. The summed E-state index contributed by atoms with van der Waals surface area (Å²) in [4.78, 5) is 23.3. The molecule has 0 spiro atoms. The summed E-state index contributed by atoms with van der Waals surface area (Å²) in [6.07, 6.45) is 5.86. The van der Waals surface area contributed by atoms with Crippen LogP contribution in [0.1, 0.15) is 48.9 Å². The van der Waals surface area contributed by atoms with Gasteiger partial charge < -0.3 is 16.4 Å². The van der Waals surface area contributed by atoms with E-state index in [-0.39, 0.29) is 29.6 Å². The van der Waals surface area contributed by atoms with Crippen LogP contribution in [-0.2, 0) is 4.79 Å². The second-order valence-electron chi connectivity index (χ2n) is 5.75. The molecule has 0 aromatic heterocycles. The van der Waals surface area contributed by atoms with Crippen molar-refractivity contribution in [1.82, 2.24) is 5.32 Å². The molecule has 0 radical (unpaired) electrons. The molecule has 1 aromatic carbocycles. The highest BCUT2D eigenvalue weighted by Gasteiger charge is 2.17. The van der Waals surface area contributed by atoms with Crippen molar-refractivity contribution in [2.75, 3.05) is 11.9 Å². The normalized spacial score (nSPS) is 15.2. The maximum Gasteiger partial charge on any atom is 0.253 e. The Kier molecular flexibility index (Phi) is 6.38. The molecule has 0 unspecified atom stereocenters. The van der Waals surface area contributed by atoms with E-state index in [2.05, 4.69) is 26.6 Å². The average Bonchev–Trinajstić information content (AvgIpc) is 2.47. The number of nitrogens with two attached hydrogens (primary N) is 1. The zero-order chi connectivity index (χ0) is 16.8. The fourth-order valence-corrected chi connectivity index (χ4v) is 3.25. The smallest absolute Gasteiger partial charge is 0.253 e. The van der Waals surface area contributed by atoms with Crippen LogP contribution in [0.4, 0.5) is 10.1 Å². The third-order valence-electron chi connectivity index (χ3n) is 3.94. The van der Waals surface area contributed by atoms with E-state index in [0.29, 0.717) is 11.0 Å². The highest BCUT2D eigenvalue weighted by molar-refractivity contribution is 9.10. The van der Waals surface area contributed by atoms with Crippen molar-refractivity contribution in [2.24, 2.45) is 5.73 Å². The molecule has 0 atom stereocenters. The Morgan fingerprint density at radius 3 is 2.61 bits per heavy atom. The number of anilines is 1. The van der Waals surface area contributed by atoms with E-state index in [4.69, 9.17) is 5.73 Å². The molecule has 1 fully saturated rings. The summed E-state index contributed by atoms with van der Waals surface area (Å²) in [6.45, 7) is 0.300. The van der Waals surface area contributed by atoms with Crippen LogP contribution < -0.4 is 16.4 Å². The number of halogens is 2. The maximum atomic E-state index is 13.8. The summed E-state index contributed by atoms with van der Waals surface area (Å²) < 4.78 is 14.3. The van der Waals surface area contributed by atoms with E-state index in [1.54, 1.807) is 6.07 Å². The van der Waals surface area contributed by atoms with Crippen LogP contribution >= 0.6 is 15.9 Å². The van der Waals surface area contributed by atoms with Gasteiger partial charge >= 0.3 is 0 Å². The SMILES string of the molecule is NC(=O)c1c(F)cc(Br)cc1NCCC(=O)NC1CCCCC1. The molecule has 1 aromatic rings. The molecule has 5 nitrogen and oxygen atoms in total. The summed E-state index contributed by atoms with van der Waals surface area (Å²) in [5, 5.41) is 5.92. The Bertz CT molecular complexity index is 589. The monoisotopic (exact) mass is 385 g/mol. The highest BCUT2D eigenvalue weighted by Crippen LogP contribution is 2.24. The van der Waals surface area contributed by atoms with Crippen molar-refractivity contribution >= 4 is 33.4 Å². The summed E-state index contributed by atoms with van der Waals surface area (Å²) in [5.41, 5.74) is 5.30. The number of rotatable bonds is 6. The van der Waals surface area contributed by atoms with E-state index in [9.17, 15) is 14.0 Å². The lowest BCUT2D eigenvalue weighted by Crippen LogP contribution is -2.36. The minimum Gasteiger partial charge on any atom is -0.384 e. The molecule has 0 aliphatic heterocycles. The second-order valence-corrected chi connectivity index (χ2v) is 6.67. The first kappa shape index (κ1) is 17.7. The fraction of sp³-hybridized carbons (Fsp3) is 0.500. The molecular formula is C16H21BrFN3O2. The van der Waals surface area contributed by atoms with Crippen LogP contribution in [0.3, 0.4) is 0 Å². The van der Waals surface area contributed by atoms with Gasteiger partial charge in [-0.05, 0) is 25.0 Å². The lowest BCUT2D eigenvalue weighted by molar-refractivity contribution is -0.121. The predicted molar refractivity (Wildman–Crippen MR) is 90.7 cm³/mol. The molecule has 0 bridgehead atoms. The number of hydrogen-bond acceptors (Lipinski definition) is 3. The van der Waals surface area contributed by atoms with Crippen molar-refractivity contribution in [3.63, 3.8) is 0 Å². The molecule has 1 aliphatic rings. The van der Waals surface area contributed by atoms with Gasteiger partial charge in [-0.2, -0.15) is 0 Å². The molecule has 2 rings (SSSR count). The number of carbonyl (C=O) groups excluding carboxylic acids is 2. The van der Waals surface area contributed by atoms with Gasteiger partial charge in [-0.3, -0.25) is 9.59 Å². The quantitative estimate of drug-likeness (QED) is 0.703. The fourth-order valence-electron chi connectivity index (χ4n) is 2.82. The van der Waals surface area contributed by atoms with Crippen molar-refractivity contribution in [3.05, 3.63) is 28.0 Å². The topological polar surface area (TPSA) is 84.2 Å². The van der Waals surface area contributed by atoms with E-state index in [1.807, 2.05) is 0 Å². The highest BCUT2D eigenvalue weighted by atomic mass is 79.9. The molecular weight excluding hydrogens is 365 g/mol. The van der Waals surface area contributed by atoms with Crippen LogP contribution in [0.5, 0.6) is 0 Å². The zero-order valence-corrected chi connectivity index (χ0v) is 14.4. The standard InChI is InChI=1S/C16H21BrFN3O2/c17-10-8-12(18)15(16(19)23)13(9-10)20-7-6-14(22)21-11-4-2-1-3-5-11/h8-9,11,20H,1-7H2,(H2,19,23)(H,21,22). The number of carbonyl (C=O) groups is 2. The lowest BCUT2D eigenvalue weighted by atomic mass is 9.95. The van der Waals surface area contributed by atoms with E-state index < -0.39 is 11.7 Å². The Morgan fingerprint density at radius 1 is 1.26 bits per heavy atom. The Morgan fingerprint density at radius 2 is 1.96 bits per heavy atom. The number of nitrogens with one attached hydrogen (secondary N) is 2. The van der Waals surface area contributed by atoms with Crippen molar-refractivity contribution in [2.45, 2.75) is 44.6 Å². The van der Waals surface area contributed by atoms with Gasteiger partial charge in [0.1, 0.15) is 5.82 Å². The van der Waals surface area contributed by atoms with Gasteiger partial charge in [-0.25, -0.2) is 4.39 Å². The molecule has 2 amide bonds. The number of hydrogen-bond donors (Lipinski definition) is 3. The van der Waals surface area contributed by atoms with Crippen molar-refractivity contribution < 1.29 is 14.0 Å². The third kappa shape index (κ3) is 5.20. The molecule has 1 aliphatic carbocycles. The van der Waals surface area contributed by atoms with E-state index in [0.717, 1.165) is 25.7 Å². The first-order chi connectivity index (χ1) is 11.0. The lowest BCUT2D eigenvalue weighted by Gasteiger charge is -2.22. The van der Waals surface area contributed by atoms with Crippen LogP contribution in [0.2, 0.25) is 0 Å². The van der Waals surface area contributed by atoms with Gasteiger partial charge in [-0.1, -0.05) is 35.2 Å². The largest absolute Gasteiger partial charge is 0.384 e. The molecule has 126 valence electrons. The first-order valence-corrected chi connectivity index (χ1v) is 8.58. The summed E-state index contributed by atoms with van der Waals surface area (Å²) in [5.74, 6) is -1.58. The van der Waals surface area contributed by atoms with Gasteiger partial charge in [0.2, 0.25) is 5.91 Å². The molecule has 0 heterocycles. The average molecular weight is 386 g/mol. The number of benzene rings is 1. The van der Waals surface area contributed by atoms with Gasteiger partial charge in [0.25, 0.3) is 5.91 Å². The molecule has 0 saturated heterocycles. The summed E-state index contributed by atoms with van der Waals surface area (Å²) >= 11 is 3.17. The molecule has 1 saturated carbocycles. The van der Waals surface area contributed by atoms with Gasteiger partial charge in [0.15, 0.2) is 0 Å². The molecule has 4 N–H and O–H groups in total. The summed E-state index contributed by atoms with van der Waals surface area (Å²) in [6, 6.07) is 3.02. The van der Waals surface area contributed by atoms with E-state index in [1.165, 1.54) is 12.5 Å². The van der Waals surface area contributed by atoms with Crippen LogP contribution in [0.25, 0.3) is 0 Å². The van der Waals surface area contributed by atoms with Gasteiger partial charge in [0.05, 0.1) is 11.3 Å². The first-order valence-electron chi connectivity index (χ1n) is 7.79. The Balaban J connectivity index is 1.88. The van der Waals surface area contributed by atoms with Gasteiger partial charge in [0, 0.05) is 23.5 Å². The van der Waals surface area contributed by atoms with Crippen molar-refractivity contribution in [3.8, 4) is 0 Å². The minimum atomic E-state index is -0.843. The molecule has 23 heavy (non-hydrogen) atoms. The number of primary amides is 1. The zero-order valence-electron chi connectivity index (χ0n) is 12.8. The third-order valence-corrected chi connectivity index (χ3v) is 4.40. The Labute approximate surface area is 143 Å².